The van der Waals surface area contributed by atoms with Gasteiger partial charge in [-0.3, -0.25) is 0 Å². The van der Waals surface area contributed by atoms with Crippen LogP contribution in [-0.4, -0.2) is 17.3 Å². The van der Waals surface area contributed by atoms with E-state index < -0.39 is 5.60 Å². The van der Waals surface area contributed by atoms with E-state index in [-0.39, 0.29) is 6.04 Å². The Labute approximate surface area is 96.2 Å². The molecule has 0 saturated heterocycles. The number of hydrogen-bond acceptors (Lipinski definition) is 3. The topological polar surface area (TPSA) is 55.5 Å². The summed E-state index contributed by atoms with van der Waals surface area (Å²) in [5, 5.41) is 9.89. The molecule has 3 heteroatoms. The van der Waals surface area contributed by atoms with Crippen LogP contribution < -0.4 is 10.5 Å². The molecule has 1 atom stereocenters. The summed E-state index contributed by atoms with van der Waals surface area (Å²) >= 11 is 0. The second-order valence-corrected chi connectivity index (χ2v) is 4.95. The maximum absolute atomic E-state index is 9.89. The minimum Gasteiger partial charge on any atom is -0.493 e. The Morgan fingerprint density at radius 2 is 2.19 bits per heavy atom. The van der Waals surface area contributed by atoms with Gasteiger partial charge in [0.25, 0.3) is 0 Å². The van der Waals surface area contributed by atoms with Gasteiger partial charge in [0.15, 0.2) is 0 Å². The second kappa shape index (κ2) is 4.07. The van der Waals surface area contributed by atoms with Crippen LogP contribution in [0.5, 0.6) is 5.75 Å². The molecule has 1 unspecified atom stereocenters. The van der Waals surface area contributed by atoms with Crippen molar-refractivity contribution in [2.45, 2.75) is 38.3 Å². The predicted molar refractivity (Wildman–Crippen MR) is 63.5 cm³/mol. The van der Waals surface area contributed by atoms with Crippen molar-refractivity contribution >= 4 is 0 Å². The van der Waals surface area contributed by atoms with Gasteiger partial charge < -0.3 is 15.6 Å². The molecule has 16 heavy (non-hydrogen) atoms. The smallest absolute Gasteiger partial charge is 0.122 e. The fourth-order valence-corrected chi connectivity index (χ4v) is 1.98. The van der Waals surface area contributed by atoms with E-state index in [1.165, 1.54) is 5.56 Å². The molecule has 0 aromatic heterocycles. The summed E-state index contributed by atoms with van der Waals surface area (Å²) in [7, 11) is 0. The quantitative estimate of drug-likeness (QED) is 0.800. The van der Waals surface area contributed by atoms with E-state index in [0.29, 0.717) is 0 Å². The third-order valence-corrected chi connectivity index (χ3v) is 3.05. The van der Waals surface area contributed by atoms with Gasteiger partial charge in [-0.15, -0.1) is 0 Å². The minimum absolute atomic E-state index is 0.361. The summed E-state index contributed by atoms with van der Waals surface area (Å²) in [4.78, 5) is 0. The molecule has 1 aromatic rings. The van der Waals surface area contributed by atoms with Gasteiger partial charge in [-0.05, 0) is 43.9 Å². The Hall–Kier alpha value is -1.06. The van der Waals surface area contributed by atoms with Crippen LogP contribution in [0.1, 0.15) is 37.4 Å². The van der Waals surface area contributed by atoms with Crippen molar-refractivity contribution in [3.05, 3.63) is 29.3 Å². The maximum Gasteiger partial charge on any atom is 0.122 e. The monoisotopic (exact) mass is 221 g/mol. The average molecular weight is 221 g/mol. The number of hydrogen-bond donors (Lipinski definition) is 2. The predicted octanol–water partition coefficient (Wildman–Crippen LogP) is 1.78. The van der Waals surface area contributed by atoms with Crippen molar-refractivity contribution in [2.75, 3.05) is 6.61 Å². The van der Waals surface area contributed by atoms with E-state index in [9.17, 15) is 5.11 Å². The molecule has 0 amide bonds. The minimum atomic E-state index is -0.899. The van der Waals surface area contributed by atoms with Crippen LogP contribution in [-0.2, 0) is 6.42 Å². The van der Waals surface area contributed by atoms with Gasteiger partial charge in [0, 0.05) is 0 Å². The van der Waals surface area contributed by atoms with E-state index in [1.807, 2.05) is 12.1 Å². The van der Waals surface area contributed by atoms with Crippen molar-refractivity contribution in [3.8, 4) is 5.75 Å². The first-order chi connectivity index (χ1) is 7.48. The number of rotatable bonds is 2. The Morgan fingerprint density at radius 1 is 1.44 bits per heavy atom. The highest BCUT2D eigenvalue weighted by molar-refractivity contribution is 5.40. The highest BCUT2D eigenvalue weighted by Crippen LogP contribution is 2.30. The highest BCUT2D eigenvalue weighted by Gasteiger charge is 2.25. The molecule has 1 aliphatic heterocycles. The number of fused-ring (bicyclic) bond motifs is 1. The lowest BCUT2D eigenvalue weighted by Crippen LogP contribution is -2.35. The molecule has 1 heterocycles. The zero-order valence-electron chi connectivity index (χ0n) is 9.86. The van der Waals surface area contributed by atoms with Crippen molar-refractivity contribution in [1.29, 1.82) is 0 Å². The molecule has 0 bridgehead atoms. The van der Waals surface area contributed by atoms with Crippen LogP contribution >= 0.6 is 0 Å². The first kappa shape index (κ1) is 11.4. The Morgan fingerprint density at radius 3 is 2.88 bits per heavy atom. The highest BCUT2D eigenvalue weighted by atomic mass is 16.5. The molecule has 0 radical (unpaired) electrons. The summed E-state index contributed by atoms with van der Waals surface area (Å²) < 4.78 is 5.54. The van der Waals surface area contributed by atoms with Crippen LogP contribution in [0, 0.1) is 0 Å². The zero-order valence-corrected chi connectivity index (χ0v) is 9.86. The van der Waals surface area contributed by atoms with Gasteiger partial charge in [-0.2, -0.15) is 0 Å². The molecule has 88 valence electrons. The molecule has 1 aromatic carbocycles. The average Bonchev–Trinajstić information content (AvgIpc) is 2.26. The molecular formula is C13H19NO2. The molecular weight excluding hydrogens is 202 g/mol. The third-order valence-electron chi connectivity index (χ3n) is 3.05. The number of benzene rings is 1. The SMILES string of the molecule is CC(C)(O)C(N)c1ccc2c(c1)CCCO2. The third kappa shape index (κ3) is 2.20. The standard InChI is InChI=1S/C13H19NO2/c1-13(2,15)12(14)10-5-6-11-9(8-10)4-3-7-16-11/h5-6,8,12,15H,3-4,7,14H2,1-2H3. The van der Waals surface area contributed by atoms with Crippen LogP contribution in [0.25, 0.3) is 0 Å². The molecule has 3 nitrogen and oxygen atoms in total. The van der Waals surface area contributed by atoms with E-state index in [0.717, 1.165) is 30.8 Å². The largest absolute Gasteiger partial charge is 0.493 e. The van der Waals surface area contributed by atoms with Crippen LogP contribution in [0.4, 0.5) is 0 Å². The summed E-state index contributed by atoms with van der Waals surface area (Å²) in [6.07, 6.45) is 2.08. The van der Waals surface area contributed by atoms with Crippen molar-refractivity contribution in [1.82, 2.24) is 0 Å². The molecule has 0 spiro atoms. The number of aliphatic hydroxyl groups is 1. The fourth-order valence-electron chi connectivity index (χ4n) is 1.98. The molecule has 3 N–H and O–H groups in total. The van der Waals surface area contributed by atoms with E-state index in [4.69, 9.17) is 10.5 Å². The Kier molecular flexibility index (Phi) is 2.91. The van der Waals surface area contributed by atoms with Crippen molar-refractivity contribution < 1.29 is 9.84 Å². The molecule has 0 saturated carbocycles. The number of aryl methyl sites for hydroxylation is 1. The van der Waals surface area contributed by atoms with Gasteiger partial charge in [0.05, 0.1) is 18.2 Å². The molecule has 0 aliphatic carbocycles. The lowest BCUT2D eigenvalue weighted by Gasteiger charge is -2.27. The van der Waals surface area contributed by atoms with Crippen LogP contribution in [0.15, 0.2) is 18.2 Å². The van der Waals surface area contributed by atoms with Crippen molar-refractivity contribution in [3.63, 3.8) is 0 Å². The van der Waals surface area contributed by atoms with Gasteiger partial charge in [0.1, 0.15) is 5.75 Å². The van der Waals surface area contributed by atoms with Gasteiger partial charge >= 0.3 is 0 Å². The van der Waals surface area contributed by atoms with Crippen LogP contribution in [0.3, 0.4) is 0 Å². The summed E-state index contributed by atoms with van der Waals surface area (Å²) in [6, 6.07) is 5.58. The summed E-state index contributed by atoms with van der Waals surface area (Å²) in [5.41, 5.74) is 7.28. The van der Waals surface area contributed by atoms with E-state index in [1.54, 1.807) is 13.8 Å². The first-order valence-electron chi connectivity index (χ1n) is 5.72. The van der Waals surface area contributed by atoms with Gasteiger partial charge in [-0.25, -0.2) is 0 Å². The number of ether oxygens (including phenoxy) is 1. The molecule has 0 fully saturated rings. The second-order valence-electron chi connectivity index (χ2n) is 4.95. The Bertz CT molecular complexity index is 382. The summed E-state index contributed by atoms with van der Waals surface area (Å²) in [6.45, 7) is 4.26. The van der Waals surface area contributed by atoms with Gasteiger partial charge in [-0.1, -0.05) is 12.1 Å². The lowest BCUT2D eigenvalue weighted by molar-refractivity contribution is 0.0516. The van der Waals surface area contributed by atoms with Crippen molar-refractivity contribution in [2.24, 2.45) is 5.73 Å². The van der Waals surface area contributed by atoms with Gasteiger partial charge in [0.2, 0.25) is 0 Å². The van der Waals surface area contributed by atoms with E-state index >= 15 is 0 Å². The number of nitrogens with two attached hydrogens (primary N) is 1. The normalized spacial score (nSPS) is 17.5. The summed E-state index contributed by atoms with van der Waals surface area (Å²) in [5.74, 6) is 0.956. The molecule has 1 aliphatic rings. The van der Waals surface area contributed by atoms with E-state index in [2.05, 4.69) is 6.07 Å². The lowest BCUT2D eigenvalue weighted by atomic mass is 9.90. The maximum atomic E-state index is 9.89. The zero-order chi connectivity index (χ0) is 11.8. The fraction of sp³-hybridized carbons (Fsp3) is 0.538. The first-order valence-corrected chi connectivity index (χ1v) is 5.72. The van der Waals surface area contributed by atoms with Crippen LogP contribution in [0.2, 0.25) is 0 Å². The molecule has 2 rings (SSSR count). The Balaban J connectivity index is 2.30.